The maximum absolute atomic E-state index is 12.5. The van der Waals surface area contributed by atoms with Gasteiger partial charge in [0.1, 0.15) is 16.8 Å². The summed E-state index contributed by atoms with van der Waals surface area (Å²) in [6, 6.07) is 9.27. The second kappa shape index (κ2) is 6.43. The monoisotopic (exact) mass is 326 g/mol. The number of fused-ring (bicyclic) bond motifs is 1. The highest BCUT2D eigenvalue weighted by Gasteiger charge is 2.24. The Kier molecular flexibility index (Phi) is 4.35. The average Bonchev–Trinajstić information content (AvgIpc) is 2.90. The van der Waals surface area contributed by atoms with Gasteiger partial charge in [-0.15, -0.1) is 11.3 Å². The molecule has 118 valence electrons. The molecule has 1 heterocycles. The van der Waals surface area contributed by atoms with Crippen molar-refractivity contribution >= 4 is 22.2 Å². The van der Waals surface area contributed by atoms with Gasteiger partial charge < -0.3 is 10.1 Å². The molecular weight excluding hydrogens is 308 g/mol. The van der Waals surface area contributed by atoms with E-state index in [4.69, 9.17) is 4.74 Å². The number of nitrogens with one attached hydrogen (secondary N) is 1. The molecule has 1 aliphatic carbocycles. The number of hydrogen-bond donors (Lipinski definition) is 1. The lowest BCUT2D eigenvalue weighted by atomic mass is 9.88. The van der Waals surface area contributed by atoms with Crippen molar-refractivity contribution < 1.29 is 9.53 Å². The molecule has 0 aliphatic heterocycles. The first-order valence-corrected chi connectivity index (χ1v) is 8.44. The van der Waals surface area contributed by atoms with E-state index in [0.29, 0.717) is 27.8 Å². The van der Waals surface area contributed by atoms with Crippen molar-refractivity contribution in [1.29, 1.82) is 5.26 Å². The number of carbonyl (C=O) groups is 1. The predicted octanol–water partition coefficient (Wildman–Crippen LogP) is 4.01. The summed E-state index contributed by atoms with van der Waals surface area (Å²) >= 11 is 1.54. The number of carbonyl (C=O) groups excluding carboxylic acids is 1. The van der Waals surface area contributed by atoms with Crippen molar-refractivity contribution in [2.24, 2.45) is 5.92 Å². The highest BCUT2D eigenvalue weighted by atomic mass is 32.1. The highest BCUT2D eigenvalue weighted by Crippen LogP contribution is 2.39. The molecule has 1 amide bonds. The SMILES string of the molecule is COc1cccc(C(=O)Nc2sc3c(c2C#N)CC[C@@H](C)C3)c1. The van der Waals surface area contributed by atoms with Crippen LogP contribution in [0.15, 0.2) is 24.3 Å². The van der Waals surface area contributed by atoms with Crippen LogP contribution in [0.3, 0.4) is 0 Å². The minimum absolute atomic E-state index is 0.216. The first-order valence-electron chi connectivity index (χ1n) is 7.62. The van der Waals surface area contributed by atoms with Crippen LogP contribution in [0.2, 0.25) is 0 Å². The third kappa shape index (κ3) is 3.08. The van der Waals surface area contributed by atoms with Crippen molar-refractivity contribution in [3.63, 3.8) is 0 Å². The molecule has 3 rings (SSSR count). The van der Waals surface area contributed by atoms with E-state index in [0.717, 1.165) is 24.8 Å². The Labute approximate surface area is 139 Å². The van der Waals surface area contributed by atoms with Gasteiger partial charge in [0, 0.05) is 10.4 Å². The van der Waals surface area contributed by atoms with E-state index >= 15 is 0 Å². The fourth-order valence-corrected chi connectivity index (χ4v) is 4.25. The largest absolute Gasteiger partial charge is 0.497 e. The summed E-state index contributed by atoms with van der Waals surface area (Å²) in [5.41, 5.74) is 2.28. The molecule has 23 heavy (non-hydrogen) atoms. The molecule has 1 aromatic carbocycles. The molecule has 1 aliphatic rings. The lowest BCUT2D eigenvalue weighted by Crippen LogP contribution is -2.12. The quantitative estimate of drug-likeness (QED) is 0.927. The summed E-state index contributed by atoms with van der Waals surface area (Å²) in [4.78, 5) is 13.7. The van der Waals surface area contributed by atoms with E-state index in [2.05, 4.69) is 18.3 Å². The molecule has 1 aromatic heterocycles. The first kappa shape index (κ1) is 15.6. The van der Waals surface area contributed by atoms with E-state index < -0.39 is 0 Å². The van der Waals surface area contributed by atoms with Crippen LogP contribution in [0.1, 0.15) is 39.7 Å². The molecular formula is C18H18N2O2S. The van der Waals surface area contributed by atoms with Gasteiger partial charge in [-0.2, -0.15) is 5.26 Å². The number of benzene rings is 1. The third-order valence-corrected chi connectivity index (χ3v) is 5.35. The molecule has 0 saturated carbocycles. The number of hydrogen-bond acceptors (Lipinski definition) is 4. The van der Waals surface area contributed by atoms with Crippen molar-refractivity contribution in [3.05, 3.63) is 45.8 Å². The van der Waals surface area contributed by atoms with Gasteiger partial charge in [-0.05, 0) is 48.9 Å². The van der Waals surface area contributed by atoms with Crippen LogP contribution < -0.4 is 10.1 Å². The van der Waals surface area contributed by atoms with Gasteiger partial charge in [0.05, 0.1) is 12.7 Å². The molecule has 0 spiro atoms. The molecule has 4 nitrogen and oxygen atoms in total. The minimum atomic E-state index is -0.216. The number of ether oxygens (including phenoxy) is 1. The Bertz CT molecular complexity index is 789. The van der Waals surface area contributed by atoms with E-state index in [9.17, 15) is 10.1 Å². The summed E-state index contributed by atoms with van der Waals surface area (Å²) in [6.45, 7) is 2.23. The number of amides is 1. The molecule has 0 saturated heterocycles. The lowest BCUT2D eigenvalue weighted by Gasteiger charge is -2.17. The van der Waals surface area contributed by atoms with Gasteiger partial charge in [-0.1, -0.05) is 13.0 Å². The number of anilines is 1. The summed E-state index contributed by atoms with van der Waals surface area (Å²) < 4.78 is 5.15. The third-order valence-electron chi connectivity index (χ3n) is 4.18. The average molecular weight is 326 g/mol. The maximum atomic E-state index is 12.5. The fourth-order valence-electron chi connectivity index (χ4n) is 2.90. The summed E-state index contributed by atoms with van der Waals surface area (Å²) in [6.07, 6.45) is 3.01. The van der Waals surface area contributed by atoms with E-state index in [1.54, 1.807) is 31.4 Å². The Morgan fingerprint density at radius 3 is 3.04 bits per heavy atom. The zero-order valence-corrected chi connectivity index (χ0v) is 14.0. The fraction of sp³-hybridized carbons (Fsp3) is 0.333. The van der Waals surface area contributed by atoms with Crippen LogP contribution in [0, 0.1) is 17.2 Å². The predicted molar refractivity (Wildman–Crippen MR) is 91.2 cm³/mol. The van der Waals surface area contributed by atoms with Crippen LogP contribution in [-0.4, -0.2) is 13.0 Å². The topological polar surface area (TPSA) is 62.1 Å². The van der Waals surface area contributed by atoms with Crippen molar-refractivity contribution in [1.82, 2.24) is 0 Å². The zero-order valence-electron chi connectivity index (χ0n) is 13.2. The van der Waals surface area contributed by atoms with Crippen LogP contribution in [-0.2, 0) is 12.8 Å². The Hall–Kier alpha value is -2.32. The summed E-state index contributed by atoms with van der Waals surface area (Å²) in [7, 11) is 1.57. The van der Waals surface area contributed by atoms with Gasteiger partial charge in [0.2, 0.25) is 0 Å². The van der Waals surface area contributed by atoms with E-state index in [1.165, 1.54) is 16.2 Å². The smallest absolute Gasteiger partial charge is 0.256 e. The number of nitrogens with zero attached hydrogens (tertiary/aromatic N) is 1. The maximum Gasteiger partial charge on any atom is 0.256 e. The van der Waals surface area contributed by atoms with Gasteiger partial charge in [0.25, 0.3) is 5.91 Å². The normalized spacial score (nSPS) is 16.3. The van der Waals surface area contributed by atoms with Crippen molar-refractivity contribution in [2.45, 2.75) is 26.2 Å². The van der Waals surface area contributed by atoms with Gasteiger partial charge in [-0.3, -0.25) is 4.79 Å². The van der Waals surface area contributed by atoms with Gasteiger partial charge in [0.15, 0.2) is 0 Å². The number of nitriles is 1. The van der Waals surface area contributed by atoms with E-state index in [-0.39, 0.29) is 5.91 Å². The standard InChI is InChI=1S/C18H18N2O2S/c1-11-6-7-14-15(10-19)18(23-16(14)8-11)20-17(21)12-4-3-5-13(9-12)22-2/h3-5,9,11H,6-8H2,1-2H3,(H,20,21)/t11-/m1/s1. The van der Waals surface area contributed by atoms with Crippen LogP contribution in [0.4, 0.5) is 5.00 Å². The Morgan fingerprint density at radius 2 is 2.30 bits per heavy atom. The molecule has 0 radical (unpaired) electrons. The second-order valence-corrected chi connectivity index (χ2v) is 6.96. The number of thiophene rings is 1. The molecule has 0 fully saturated rings. The van der Waals surface area contributed by atoms with Crippen LogP contribution >= 0.6 is 11.3 Å². The molecule has 0 unspecified atom stereocenters. The molecule has 0 bridgehead atoms. The molecule has 5 heteroatoms. The van der Waals surface area contributed by atoms with Crippen molar-refractivity contribution in [2.75, 3.05) is 12.4 Å². The van der Waals surface area contributed by atoms with Gasteiger partial charge >= 0.3 is 0 Å². The van der Waals surface area contributed by atoms with Gasteiger partial charge in [-0.25, -0.2) is 0 Å². The molecule has 1 N–H and O–H groups in total. The van der Waals surface area contributed by atoms with Crippen molar-refractivity contribution in [3.8, 4) is 11.8 Å². The highest BCUT2D eigenvalue weighted by molar-refractivity contribution is 7.16. The molecule has 2 aromatic rings. The van der Waals surface area contributed by atoms with Crippen LogP contribution in [0.25, 0.3) is 0 Å². The summed E-state index contributed by atoms with van der Waals surface area (Å²) in [5, 5.41) is 13.0. The van der Waals surface area contributed by atoms with E-state index in [1.807, 2.05) is 0 Å². The summed E-state index contributed by atoms with van der Waals surface area (Å²) in [5.74, 6) is 1.05. The Balaban J connectivity index is 1.88. The minimum Gasteiger partial charge on any atom is -0.497 e. The number of rotatable bonds is 3. The molecule has 1 atom stereocenters. The first-order chi connectivity index (χ1) is 11.1. The second-order valence-electron chi connectivity index (χ2n) is 5.85. The number of methoxy groups -OCH3 is 1. The Morgan fingerprint density at radius 1 is 1.48 bits per heavy atom. The lowest BCUT2D eigenvalue weighted by molar-refractivity contribution is 0.102. The zero-order chi connectivity index (χ0) is 16.4. The van der Waals surface area contributed by atoms with Crippen LogP contribution in [0.5, 0.6) is 5.75 Å².